The van der Waals surface area contributed by atoms with Crippen LogP contribution in [0.3, 0.4) is 0 Å². The summed E-state index contributed by atoms with van der Waals surface area (Å²) in [6.07, 6.45) is 5.20. The minimum Gasteiger partial charge on any atom is -0.381 e. The van der Waals surface area contributed by atoms with Crippen LogP contribution in [0, 0.1) is 0 Å². The fourth-order valence-electron chi connectivity index (χ4n) is 3.58. The largest absolute Gasteiger partial charge is 0.381 e. The van der Waals surface area contributed by atoms with Crippen molar-refractivity contribution in [3.63, 3.8) is 0 Å². The third-order valence-corrected chi connectivity index (χ3v) is 5.06. The molecule has 1 aromatic carbocycles. The molecule has 0 spiro atoms. The molecular weight excluding hydrogens is 276 g/mol. The maximum Gasteiger partial charge on any atom is 0.237 e. The molecule has 1 amide bonds. The topological polar surface area (TPSA) is 50.4 Å². The molecule has 2 aliphatic heterocycles. The molecule has 0 radical (unpaired) electrons. The van der Waals surface area contributed by atoms with Gasteiger partial charge in [0.15, 0.2) is 0 Å². The van der Waals surface area contributed by atoms with Gasteiger partial charge in [-0.25, -0.2) is 0 Å². The van der Waals surface area contributed by atoms with E-state index in [9.17, 15) is 4.79 Å². The lowest BCUT2D eigenvalue weighted by molar-refractivity contribution is -0.124. The van der Waals surface area contributed by atoms with Gasteiger partial charge < -0.3 is 15.4 Å². The molecule has 2 aliphatic rings. The van der Waals surface area contributed by atoms with Crippen LogP contribution in [-0.4, -0.2) is 38.3 Å². The number of hydrogen-bond acceptors (Lipinski definition) is 3. The summed E-state index contributed by atoms with van der Waals surface area (Å²) in [5.41, 5.74) is 1.33. The van der Waals surface area contributed by atoms with Crippen LogP contribution in [-0.2, 0) is 14.9 Å². The number of nitrogens with one attached hydrogen (secondary N) is 2. The van der Waals surface area contributed by atoms with Crippen molar-refractivity contribution in [1.29, 1.82) is 0 Å². The fourth-order valence-corrected chi connectivity index (χ4v) is 3.58. The van der Waals surface area contributed by atoms with Gasteiger partial charge >= 0.3 is 0 Å². The van der Waals surface area contributed by atoms with Gasteiger partial charge in [0.2, 0.25) is 5.91 Å². The predicted octanol–water partition coefficient (Wildman–Crippen LogP) is 1.99. The lowest BCUT2D eigenvalue weighted by Crippen LogP contribution is -2.51. The minimum atomic E-state index is -0.0126. The number of piperidine rings is 1. The molecule has 0 aromatic heterocycles. The van der Waals surface area contributed by atoms with E-state index in [0.29, 0.717) is 6.54 Å². The zero-order valence-electron chi connectivity index (χ0n) is 13.1. The highest BCUT2D eigenvalue weighted by Gasteiger charge is 2.35. The third-order valence-electron chi connectivity index (χ3n) is 5.06. The Morgan fingerprint density at radius 1 is 1.23 bits per heavy atom. The van der Waals surface area contributed by atoms with Gasteiger partial charge in [-0.2, -0.15) is 0 Å². The van der Waals surface area contributed by atoms with E-state index in [-0.39, 0.29) is 17.4 Å². The van der Waals surface area contributed by atoms with Crippen LogP contribution in [0.25, 0.3) is 0 Å². The maximum atomic E-state index is 12.4. The molecule has 4 nitrogen and oxygen atoms in total. The zero-order chi connectivity index (χ0) is 15.3. The van der Waals surface area contributed by atoms with Gasteiger partial charge in [-0.3, -0.25) is 4.79 Å². The van der Waals surface area contributed by atoms with E-state index < -0.39 is 0 Å². The van der Waals surface area contributed by atoms with Crippen molar-refractivity contribution in [2.24, 2.45) is 0 Å². The molecule has 3 rings (SSSR count). The lowest BCUT2D eigenvalue weighted by Gasteiger charge is -2.38. The second-order valence-electron chi connectivity index (χ2n) is 6.48. The van der Waals surface area contributed by atoms with Gasteiger partial charge in [0, 0.05) is 25.2 Å². The normalized spacial score (nSPS) is 24.6. The number of ether oxygens (including phenoxy) is 1. The molecule has 2 heterocycles. The molecule has 0 aliphatic carbocycles. The molecular formula is C18H26N2O2. The van der Waals surface area contributed by atoms with Gasteiger partial charge in [0.1, 0.15) is 0 Å². The molecule has 1 atom stereocenters. The van der Waals surface area contributed by atoms with Crippen LogP contribution in [0.5, 0.6) is 0 Å². The van der Waals surface area contributed by atoms with E-state index in [1.807, 2.05) is 6.07 Å². The fraction of sp³-hybridized carbons (Fsp3) is 0.611. The molecule has 1 aromatic rings. The van der Waals surface area contributed by atoms with E-state index in [1.54, 1.807) is 0 Å². The summed E-state index contributed by atoms with van der Waals surface area (Å²) in [7, 11) is 0. The van der Waals surface area contributed by atoms with Crippen molar-refractivity contribution in [3.8, 4) is 0 Å². The Balaban J connectivity index is 1.67. The Kier molecular flexibility index (Phi) is 5.11. The van der Waals surface area contributed by atoms with Crippen molar-refractivity contribution >= 4 is 5.91 Å². The SMILES string of the molecule is O=C(NCC1(c2ccccc2)CCOCC1)C1CCCCN1. The van der Waals surface area contributed by atoms with Crippen LogP contribution < -0.4 is 10.6 Å². The highest BCUT2D eigenvalue weighted by Crippen LogP contribution is 2.34. The molecule has 22 heavy (non-hydrogen) atoms. The van der Waals surface area contributed by atoms with Crippen molar-refractivity contribution in [3.05, 3.63) is 35.9 Å². The van der Waals surface area contributed by atoms with E-state index >= 15 is 0 Å². The standard InChI is InChI=1S/C18H26N2O2/c21-17(16-8-4-5-11-19-16)20-14-18(9-12-22-13-10-18)15-6-2-1-3-7-15/h1-3,6-7,16,19H,4-5,8-14H2,(H,20,21). The number of amides is 1. The summed E-state index contributed by atoms with van der Waals surface area (Å²) in [4.78, 5) is 12.4. The first-order chi connectivity index (χ1) is 10.8. The molecule has 4 heteroatoms. The number of carbonyl (C=O) groups is 1. The molecule has 1 unspecified atom stereocenters. The van der Waals surface area contributed by atoms with Crippen LogP contribution in [0.15, 0.2) is 30.3 Å². The van der Waals surface area contributed by atoms with Crippen LogP contribution in [0.4, 0.5) is 0 Å². The van der Waals surface area contributed by atoms with Gasteiger partial charge in [-0.15, -0.1) is 0 Å². The van der Waals surface area contributed by atoms with Crippen LogP contribution >= 0.6 is 0 Å². The Labute approximate surface area is 132 Å². The van der Waals surface area contributed by atoms with Gasteiger partial charge in [0.05, 0.1) is 6.04 Å². The number of hydrogen-bond donors (Lipinski definition) is 2. The monoisotopic (exact) mass is 302 g/mol. The number of carbonyl (C=O) groups excluding carboxylic acids is 1. The average molecular weight is 302 g/mol. The molecule has 2 saturated heterocycles. The molecule has 2 fully saturated rings. The first-order valence-electron chi connectivity index (χ1n) is 8.45. The van der Waals surface area contributed by atoms with E-state index in [0.717, 1.165) is 45.4 Å². The van der Waals surface area contributed by atoms with Crippen molar-refractivity contribution in [1.82, 2.24) is 10.6 Å². The summed E-state index contributed by atoms with van der Waals surface area (Å²) < 4.78 is 5.54. The number of rotatable bonds is 4. The average Bonchev–Trinajstić information content (AvgIpc) is 2.62. The first kappa shape index (κ1) is 15.5. The van der Waals surface area contributed by atoms with Crippen molar-refractivity contribution in [2.45, 2.75) is 43.6 Å². The van der Waals surface area contributed by atoms with Gasteiger partial charge in [-0.1, -0.05) is 36.8 Å². The Morgan fingerprint density at radius 2 is 2.00 bits per heavy atom. The first-order valence-corrected chi connectivity index (χ1v) is 8.45. The predicted molar refractivity (Wildman–Crippen MR) is 86.8 cm³/mol. The smallest absolute Gasteiger partial charge is 0.237 e. The van der Waals surface area contributed by atoms with E-state index in [4.69, 9.17) is 4.74 Å². The van der Waals surface area contributed by atoms with Crippen molar-refractivity contribution in [2.75, 3.05) is 26.3 Å². The summed E-state index contributed by atoms with van der Waals surface area (Å²) in [5, 5.41) is 6.53. The molecule has 2 N–H and O–H groups in total. The summed E-state index contributed by atoms with van der Waals surface area (Å²) >= 11 is 0. The number of benzene rings is 1. The van der Waals surface area contributed by atoms with Crippen molar-refractivity contribution < 1.29 is 9.53 Å². The second kappa shape index (κ2) is 7.25. The summed E-state index contributed by atoms with van der Waals surface area (Å²) in [5.74, 6) is 0.154. The van der Waals surface area contributed by atoms with Crippen LogP contribution in [0.2, 0.25) is 0 Å². The Morgan fingerprint density at radius 3 is 2.68 bits per heavy atom. The minimum absolute atomic E-state index is 0.0126. The van der Waals surface area contributed by atoms with Gasteiger partial charge in [-0.05, 0) is 37.8 Å². The quantitative estimate of drug-likeness (QED) is 0.894. The third kappa shape index (κ3) is 3.50. The summed E-state index contributed by atoms with van der Waals surface area (Å²) in [6, 6.07) is 10.5. The van der Waals surface area contributed by atoms with Gasteiger partial charge in [0.25, 0.3) is 0 Å². The molecule has 120 valence electrons. The summed E-state index contributed by atoms with van der Waals surface area (Å²) in [6.45, 7) is 3.20. The van der Waals surface area contributed by atoms with E-state index in [1.165, 1.54) is 12.0 Å². The molecule has 0 bridgehead atoms. The lowest BCUT2D eigenvalue weighted by atomic mass is 9.74. The highest BCUT2D eigenvalue weighted by molar-refractivity contribution is 5.81. The Hall–Kier alpha value is -1.39. The second-order valence-corrected chi connectivity index (χ2v) is 6.48. The highest BCUT2D eigenvalue weighted by atomic mass is 16.5. The zero-order valence-corrected chi connectivity index (χ0v) is 13.1. The maximum absolute atomic E-state index is 12.4. The van der Waals surface area contributed by atoms with E-state index in [2.05, 4.69) is 34.9 Å². The molecule has 0 saturated carbocycles. The van der Waals surface area contributed by atoms with Crippen LogP contribution in [0.1, 0.15) is 37.7 Å². The Bertz CT molecular complexity index is 477.